The van der Waals surface area contributed by atoms with E-state index in [-0.39, 0.29) is 12.4 Å². The highest BCUT2D eigenvalue weighted by Gasteiger charge is 2.20. The average molecular weight is 281 g/mol. The molecule has 1 rings (SSSR count). The topological polar surface area (TPSA) is 70.8 Å². The highest BCUT2D eigenvalue weighted by Crippen LogP contribution is 2.30. The van der Waals surface area contributed by atoms with Crippen LogP contribution in [0.2, 0.25) is 0 Å². The van der Waals surface area contributed by atoms with Crippen LogP contribution >= 0.6 is 0 Å². The summed E-state index contributed by atoms with van der Waals surface area (Å²) in [5, 5.41) is 0. The van der Waals surface area contributed by atoms with Crippen LogP contribution in [0.3, 0.4) is 0 Å². The van der Waals surface area contributed by atoms with E-state index in [2.05, 4.69) is 0 Å². The molecule has 0 aliphatic rings. The molecule has 2 N–H and O–H groups in total. The first-order valence-electron chi connectivity index (χ1n) is 6.46. The molecule has 0 saturated carbocycles. The molecular formula is C15H23NO4. The van der Waals surface area contributed by atoms with Gasteiger partial charge in [-0.1, -0.05) is 6.07 Å². The zero-order chi connectivity index (χ0) is 15.3. The van der Waals surface area contributed by atoms with Gasteiger partial charge in [-0.25, -0.2) is 0 Å². The summed E-state index contributed by atoms with van der Waals surface area (Å²) in [7, 11) is 3.12. The van der Waals surface area contributed by atoms with Crippen molar-refractivity contribution in [2.24, 2.45) is 5.73 Å². The van der Waals surface area contributed by atoms with Crippen molar-refractivity contribution in [1.29, 1.82) is 0 Å². The third kappa shape index (κ3) is 4.74. The smallest absolute Gasteiger partial charge is 0.308 e. The predicted octanol–water partition coefficient (Wildman–Crippen LogP) is 2.44. The quantitative estimate of drug-likeness (QED) is 0.839. The summed E-state index contributed by atoms with van der Waals surface area (Å²) < 4.78 is 15.6. The van der Waals surface area contributed by atoms with Crippen LogP contribution in [0.4, 0.5) is 0 Å². The zero-order valence-electron chi connectivity index (χ0n) is 12.7. The SMILES string of the molecule is COc1ccc([C@@H](N)CC(=O)OC(C)(C)C)cc1OC. The number of methoxy groups -OCH3 is 2. The fraction of sp³-hybridized carbons (Fsp3) is 0.533. The molecule has 0 spiro atoms. The van der Waals surface area contributed by atoms with Crippen molar-refractivity contribution in [2.45, 2.75) is 38.8 Å². The molecule has 0 aromatic heterocycles. The highest BCUT2D eigenvalue weighted by molar-refractivity contribution is 5.71. The molecule has 1 aromatic carbocycles. The maximum absolute atomic E-state index is 11.8. The Balaban J connectivity index is 2.77. The lowest BCUT2D eigenvalue weighted by atomic mass is 10.0. The third-order valence-electron chi connectivity index (χ3n) is 2.64. The normalized spacial score (nSPS) is 12.7. The first-order valence-corrected chi connectivity index (χ1v) is 6.46. The van der Waals surface area contributed by atoms with Gasteiger partial charge in [-0.15, -0.1) is 0 Å². The Hall–Kier alpha value is -1.75. The van der Waals surface area contributed by atoms with Gasteiger partial charge in [0, 0.05) is 6.04 Å². The molecule has 20 heavy (non-hydrogen) atoms. The molecule has 0 aliphatic heterocycles. The lowest BCUT2D eigenvalue weighted by Gasteiger charge is -2.21. The largest absolute Gasteiger partial charge is 0.493 e. The molecular weight excluding hydrogens is 258 g/mol. The molecule has 1 atom stereocenters. The Morgan fingerprint density at radius 2 is 1.80 bits per heavy atom. The summed E-state index contributed by atoms with van der Waals surface area (Å²) in [5.41, 5.74) is 6.33. The van der Waals surface area contributed by atoms with Gasteiger partial charge < -0.3 is 19.9 Å². The average Bonchev–Trinajstić information content (AvgIpc) is 2.35. The first-order chi connectivity index (χ1) is 9.26. The standard InChI is InChI=1S/C15H23NO4/c1-15(2,3)20-14(17)9-11(16)10-6-7-12(18-4)13(8-10)19-5/h6-8,11H,9,16H2,1-5H3/t11-/m0/s1. The molecule has 5 heteroatoms. The van der Waals surface area contributed by atoms with Crippen LogP contribution in [0.25, 0.3) is 0 Å². The first kappa shape index (κ1) is 16.3. The monoisotopic (exact) mass is 281 g/mol. The molecule has 0 aliphatic carbocycles. The minimum absolute atomic E-state index is 0.118. The molecule has 0 fully saturated rings. The second-order valence-corrected chi connectivity index (χ2v) is 5.51. The van der Waals surface area contributed by atoms with E-state index >= 15 is 0 Å². The van der Waals surface area contributed by atoms with Crippen molar-refractivity contribution in [1.82, 2.24) is 0 Å². The van der Waals surface area contributed by atoms with Gasteiger partial charge in [0.15, 0.2) is 11.5 Å². The van der Waals surface area contributed by atoms with Gasteiger partial charge in [0.25, 0.3) is 0 Å². The molecule has 0 bridgehead atoms. The summed E-state index contributed by atoms with van der Waals surface area (Å²) >= 11 is 0. The minimum Gasteiger partial charge on any atom is -0.493 e. The minimum atomic E-state index is -0.506. The van der Waals surface area contributed by atoms with E-state index < -0.39 is 11.6 Å². The number of carbonyl (C=O) groups excluding carboxylic acids is 1. The number of ether oxygens (including phenoxy) is 3. The van der Waals surface area contributed by atoms with Crippen LogP contribution in [-0.4, -0.2) is 25.8 Å². The van der Waals surface area contributed by atoms with Crippen molar-refractivity contribution in [3.05, 3.63) is 23.8 Å². The molecule has 112 valence electrons. The van der Waals surface area contributed by atoms with E-state index in [1.165, 1.54) is 0 Å². The maximum Gasteiger partial charge on any atom is 0.308 e. The summed E-state index contributed by atoms with van der Waals surface area (Å²) in [6, 6.07) is 4.91. The van der Waals surface area contributed by atoms with Gasteiger partial charge in [0.05, 0.1) is 20.6 Å². The summed E-state index contributed by atoms with van der Waals surface area (Å²) in [6.07, 6.45) is 0.118. The number of nitrogens with two attached hydrogens (primary N) is 1. The number of rotatable bonds is 5. The number of carbonyl (C=O) groups is 1. The van der Waals surface area contributed by atoms with Gasteiger partial charge in [0.1, 0.15) is 5.60 Å². The summed E-state index contributed by atoms with van der Waals surface area (Å²) in [4.78, 5) is 11.8. The summed E-state index contributed by atoms with van der Waals surface area (Å²) in [5.74, 6) is 0.894. The van der Waals surface area contributed by atoms with Crippen molar-refractivity contribution >= 4 is 5.97 Å². The van der Waals surface area contributed by atoms with E-state index in [1.54, 1.807) is 26.4 Å². The molecule has 0 heterocycles. The molecule has 0 amide bonds. The van der Waals surface area contributed by atoms with Crippen LogP contribution in [0.15, 0.2) is 18.2 Å². The van der Waals surface area contributed by atoms with E-state index in [0.717, 1.165) is 5.56 Å². The van der Waals surface area contributed by atoms with Gasteiger partial charge in [-0.05, 0) is 38.5 Å². The zero-order valence-corrected chi connectivity index (χ0v) is 12.7. The molecule has 0 saturated heterocycles. The Bertz CT molecular complexity index is 465. The number of hydrogen-bond donors (Lipinski definition) is 1. The Kier molecular flexibility index (Phi) is 5.39. The van der Waals surface area contributed by atoms with Gasteiger partial charge in [-0.3, -0.25) is 4.79 Å². The Morgan fingerprint density at radius 3 is 2.30 bits per heavy atom. The fourth-order valence-corrected chi connectivity index (χ4v) is 1.76. The van der Waals surface area contributed by atoms with Crippen LogP contribution in [0.1, 0.15) is 38.8 Å². The van der Waals surface area contributed by atoms with Gasteiger partial charge in [-0.2, -0.15) is 0 Å². The summed E-state index contributed by atoms with van der Waals surface area (Å²) in [6.45, 7) is 5.48. The van der Waals surface area contributed by atoms with Crippen molar-refractivity contribution in [3.63, 3.8) is 0 Å². The second-order valence-electron chi connectivity index (χ2n) is 5.51. The fourth-order valence-electron chi connectivity index (χ4n) is 1.76. The van der Waals surface area contributed by atoms with E-state index in [0.29, 0.717) is 11.5 Å². The number of esters is 1. The Morgan fingerprint density at radius 1 is 1.20 bits per heavy atom. The van der Waals surface area contributed by atoms with Gasteiger partial charge >= 0.3 is 5.97 Å². The van der Waals surface area contributed by atoms with Crippen molar-refractivity contribution in [3.8, 4) is 11.5 Å². The van der Waals surface area contributed by atoms with Gasteiger partial charge in [0.2, 0.25) is 0 Å². The molecule has 1 aromatic rings. The van der Waals surface area contributed by atoms with Crippen molar-refractivity contribution in [2.75, 3.05) is 14.2 Å². The third-order valence-corrected chi connectivity index (χ3v) is 2.64. The lowest BCUT2D eigenvalue weighted by Crippen LogP contribution is -2.26. The number of hydrogen-bond acceptors (Lipinski definition) is 5. The maximum atomic E-state index is 11.8. The predicted molar refractivity (Wildman–Crippen MR) is 76.9 cm³/mol. The molecule has 0 radical (unpaired) electrons. The van der Waals surface area contributed by atoms with Crippen LogP contribution < -0.4 is 15.2 Å². The Labute approximate surface area is 120 Å². The van der Waals surface area contributed by atoms with E-state index in [1.807, 2.05) is 26.8 Å². The van der Waals surface area contributed by atoms with Crippen LogP contribution in [0, 0.1) is 0 Å². The van der Waals surface area contributed by atoms with Crippen molar-refractivity contribution < 1.29 is 19.0 Å². The molecule has 5 nitrogen and oxygen atoms in total. The second kappa shape index (κ2) is 6.61. The lowest BCUT2D eigenvalue weighted by molar-refractivity contribution is -0.155. The number of benzene rings is 1. The molecule has 0 unspecified atom stereocenters. The van der Waals surface area contributed by atoms with Crippen LogP contribution in [0.5, 0.6) is 11.5 Å². The van der Waals surface area contributed by atoms with Crippen LogP contribution in [-0.2, 0) is 9.53 Å². The van der Waals surface area contributed by atoms with E-state index in [4.69, 9.17) is 19.9 Å². The highest BCUT2D eigenvalue weighted by atomic mass is 16.6. The van der Waals surface area contributed by atoms with E-state index in [9.17, 15) is 4.79 Å².